The van der Waals surface area contributed by atoms with E-state index < -0.39 is 0 Å². The van der Waals surface area contributed by atoms with Crippen molar-refractivity contribution in [2.75, 3.05) is 0 Å². The number of para-hydroxylation sites is 3. The molecule has 0 saturated heterocycles. The van der Waals surface area contributed by atoms with Gasteiger partial charge >= 0.3 is 12.0 Å². The fourth-order valence-corrected chi connectivity index (χ4v) is 3.08. The lowest BCUT2D eigenvalue weighted by molar-refractivity contribution is 0.397. The highest BCUT2D eigenvalue weighted by Gasteiger charge is 2.09. The standard InChI is InChI=1S/C15H10ClN3O2.C6H6O.C3Cl3N3.2CH4/c16-13-17-14(20-11-7-3-1-4-8-11)19-15(18-13)21-12-9-5-2-6-10-12;7-6-4-2-1-3-5-6;4-1-7-2(5)9-3(6)8-1;;/h1-10H;1-5,7H;;2*1H4. The van der Waals surface area contributed by atoms with Gasteiger partial charge in [0.05, 0.1) is 0 Å². The maximum atomic E-state index is 8.63. The summed E-state index contributed by atoms with van der Waals surface area (Å²) in [7, 11) is 0. The van der Waals surface area contributed by atoms with Crippen LogP contribution in [-0.4, -0.2) is 35.0 Å². The summed E-state index contributed by atoms with van der Waals surface area (Å²) in [6.45, 7) is 0. The first-order chi connectivity index (χ1) is 17.9. The van der Waals surface area contributed by atoms with Crippen molar-refractivity contribution >= 4 is 46.4 Å². The molecule has 0 spiro atoms. The van der Waals surface area contributed by atoms with Crippen LogP contribution in [0.2, 0.25) is 21.1 Å². The van der Waals surface area contributed by atoms with Gasteiger partial charge in [-0.05, 0) is 82.8 Å². The molecular weight excluding hydrogens is 586 g/mol. The lowest BCUT2D eigenvalue weighted by atomic mass is 10.3. The molecule has 2 aromatic heterocycles. The Balaban J connectivity index is 0.000000350. The van der Waals surface area contributed by atoms with E-state index in [4.69, 9.17) is 61.0 Å². The topological polar surface area (TPSA) is 116 Å². The van der Waals surface area contributed by atoms with Crippen molar-refractivity contribution in [3.05, 3.63) is 112 Å². The predicted octanol–water partition coefficient (Wildman–Crippen LogP) is 8.61. The molecule has 5 aromatic rings. The highest BCUT2D eigenvalue weighted by molar-refractivity contribution is 6.33. The SMILES string of the molecule is C.C.Clc1nc(Cl)nc(Cl)n1.Clc1nc(Oc2ccccc2)nc(Oc2ccccc2)n1.Oc1ccccc1. The van der Waals surface area contributed by atoms with Gasteiger partial charge in [0.1, 0.15) is 17.2 Å². The Hall–Kier alpha value is -3.76. The molecule has 3 aromatic carbocycles. The molecule has 0 amide bonds. The van der Waals surface area contributed by atoms with Crippen LogP contribution in [0.25, 0.3) is 0 Å². The van der Waals surface area contributed by atoms with Crippen molar-refractivity contribution in [2.45, 2.75) is 14.9 Å². The molecule has 0 radical (unpaired) electrons. The van der Waals surface area contributed by atoms with Gasteiger partial charge in [-0.2, -0.15) is 24.9 Å². The molecule has 204 valence electrons. The van der Waals surface area contributed by atoms with Gasteiger partial charge in [-0.3, -0.25) is 0 Å². The van der Waals surface area contributed by atoms with Crippen LogP contribution in [0.4, 0.5) is 0 Å². The Bertz CT molecular complexity index is 1280. The summed E-state index contributed by atoms with van der Waals surface area (Å²) in [6.07, 6.45) is 0. The molecule has 9 nitrogen and oxygen atoms in total. The van der Waals surface area contributed by atoms with E-state index in [9.17, 15) is 0 Å². The minimum atomic E-state index is 0. The summed E-state index contributed by atoms with van der Waals surface area (Å²) in [4.78, 5) is 22.3. The van der Waals surface area contributed by atoms with Gasteiger partial charge in [0, 0.05) is 0 Å². The van der Waals surface area contributed by atoms with Gasteiger partial charge < -0.3 is 14.6 Å². The molecule has 0 fully saturated rings. The number of hydrogen-bond donors (Lipinski definition) is 1. The lowest BCUT2D eigenvalue weighted by Crippen LogP contribution is -1.98. The van der Waals surface area contributed by atoms with E-state index in [1.165, 1.54) is 0 Å². The summed E-state index contributed by atoms with van der Waals surface area (Å²) >= 11 is 21.8. The van der Waals surface area contributed by atoms with Gasteiger partial charge in [0.25, 0.3) is 0 Å². The second-order valence-electron chi connectivity index (χ2n) is 6.48. The zero-order valence-electron chi connectivity index (χ0n) is 18.6. The van der Waals surface area contributed by atoms with E-state index in [-0.39, 0.29) is 48.0 Å². The highest BCUT2D eigenvalue weighted by Crippen LogP contribution is 2.23. The van der Waals surface area contributed by atoms with Gasteiger partial charge in [-0.15, -0.1) is 4.98 Å². The van der Waals surface area contributed by atoms with Crippen LogP contribution in [0.3, 0.4) is 0 Å². The number of rotatable bonds is 4. The summed E-state index contributed by atoms with van der Waals surface area (Å²) in [5.74, 6) is 1.53. The summed E-state index contributed by atoms with van der Waals surface area (Å²) < 4.78 is 11.0. The van der Waals surface area contributed by atoms with Gasteiger partial charge in [0.2, 0.25) is 21.1 Å². The summed E-state index contributed by atoms with van der Waals surface area (Å²) in [6, 6.07) is 27.2. The summed E-state index contributed by atoms with van der Waals surface area (Å²) in [5.41, 5.74) is 0. The molecule has 2 heterocycles. The van der Waals surface area contributed by atoms with E-state index >= 15 is 0 Å². The van der Waals surface area contributed by atoms with Crippen LogP contribution in [0.1, 0.15) is 14.9 Å². The summed E-state index contributed by atoms with van der Waals surface area (Å²) in [5, 5.41) is 8.63. The fourth-order valence-electron chi connectivity index (χ4n) is 2.33. The van der Waals surface area contributed by atoms with Gasteiger partial charge in [-0.25, -0.2) is 0 Å². The van der Waals surface area contributed by atoms with Crippen molar-refractivity contribution in [3.8, 4) is 29.3 Å². The fraction of sp³-hybridized carbons (Fsp3) is 0.0769. The zero-order chi connectivity index (χ0) is 26.5. The maximum Gasteiger partial charge on any atom is 0.329 e. The quantitative estimate of drug-likeness (QED) is 0.214. The number of ether oxygens (including phenoxy) is 2. The van der Waals surface area contributed by atoms with Crippen molar-refractivity contribution < 1.29 is 14.6 Å². The molecule has 39 heavy (non-hydrogen) atoms. The predicted molar refractivity (Wildman–Crippen MR) is 154 cm³/mol. The number of nitrogens with zero attached hydrogens (tertiary/aromatic N) is 6. The van der Waals surface area contributed by atoms with Crippen LogP contribution < -0.4 is 9.47 Å². The third kappa shape index (κ3) is 13.0. The highest BCUT2D eigenvalue weighted by atomic mass is 35.5. The van der Waals surface area contributed by atoms with Crippen LogP contribution in [0.5, 0.6) is 29.3 Å². The molecule has 0 saturated carbocycles. The Kier molecular flexibility index (Phi) is 15.1. The second kappa shape index (κ2) is 17.7. The molecular formula is C26H24Cl4N6O3. The van der Waals surface area contributed by atoms with E-state index in [2.05, 4.69) is 29.9 Å². The van der Waals surface area contributed by atoms with Crippen LogP contribution in [0, 0.1) is 0 Å². The smallest absolute Gasteiger partial charge is 0.329 e. The van der Waals surface area contributed by atoms with Crippen LogP contribution in [0.15, 0.2) is 91.0 Å². The average Bonchev–Trinajstić information content (AvgIpc) is 2.85. The maximum absolute atomic E-state index is 8.63. The van der Waals surface area contributed by atoms with Crippen molar-refractivity contribution in [2.24, 2.45) is 0 Å². The first-order valence-electron chi connectivity index (χ1n) is 10.2. The molecule has 1 N–H and O–H groups in total. The van der Waals surface area contributed by atoms with E-state index in [0.29, 0.717) is 17.2 Å². The normalized spacial score (nSPS) is 9.23. The van der Waals surface area contributed by atoms with Crippen LogP contribution >= 0.6 is 46.4 Å². The molecule has 0 aliphatic carbocycles. The molecule has 0 unspecified atom stereocenters. The number of aromatic nitrogens is 6. The molecule has 5 rings (SSSR count). The minimum Gasteiger partial charge on any atom is -0.508 e. The minimum absolute atomic E-state index is 0. The Labute approximate surface area is 246 Å². The third-order valence-electron chi connectivity index (χ3n) is 3.78. The molecule has 13 heteroatoms. The van der Waals surface area contributed by atoms with Gasteiger partial charge in [0.15, 0.2) is 0 Å². The van der Waals surface area contributed by atoms with Gasteiger partial charge in [-0.1, -0.05) is 69.5 Å². The third-order valence-corrected chi connectivity index (χ3v) is 4.46. The number of aromatic hydroxyl groups is 1. The first-order valence-corrected chi connectivity index (χ1v) is 11.7. The number of phenols is 1. The number of halogens is 4. The molecule has 0 aliphatic heterocycles. The van der Waals surface area contributed by atoms with E-state index in [1.54, 1.807) is 48.5 Å². The first kappa shape index (κ1) is 33.3. The number of phenolic OH excluding ortho intramolecular Hbond substituents is 1. The van der Waals surface area contributed by atoms with Crippen molar-refractivity contribution in [1.29, 1.82) is 0 Å². The monoisotopic (exact) mass is 608 g/mol. The second-order valence-corrected chi connectivity index (χ2v) is 7.83. The lowest BCUT2D eigenvalue weighted by Gasteiger charge is -2.06. The number of hydrogen-bond acceptors (Lipinski definition) is 9. The molecule has 0 bridgehead atoms. The largest absolute Gasteiger partial charge is 0.508 e. The Morgan fingerprint density at radius 1 is 0.436 bits per heavy atom. The van der Waals surface area contributed by atoms with Crippen molar-refractivity contribution in [3.63, 3.8) is 0 Å². The molecule has 0 atom stereocenters. The number of benzene rings is 3. The van der Waals surface area contributed by atoms with Crippen LogP contribution in [-0.2, 0) is 0 Å². The van der Waals surface area contributed by atoms with E-state index in [1.807, 2.05) is 42.5 Å². The van der Waals surface area contributed by atoms with E-state index in [0.717, 1.165) is 0 Å². The Morgan fingerprint density at radius 3 is 1.05 bits per heavy atom. The van der Waals surface area contributed by atoms with Crippen molar-refractivity contribution in [1.82, 2.24) is 29.9 Å². The average molecular weight is 610 g/mol. The zero-order valence-corrected chi connectivity index (χ0v) is 21.6. The molecule has 0 aliphatic rings. The Morgan fingerprint density at radius 2 is 0.744 bits per heavy atom.